The van der Waals surface area contributed by atoms with E-state index in [0.717, 1.165) is 55.0 Å². The van der Waals surface area contributed by atoms with E-state index in [-0.39, 0.29) is 17.6 Å². The van der Waals surface area contributed by atoms with Crippen LogP contribution < -0.4 is 4.90 Å². The van der Waals surface area contributed by atoms with Crippen LogP contribution in [0.15, 0.2) is 54.6 Å². The zero-order valence-electron chi connectivity index (χ0n) is 20.3. The van der Waals surface area contributed by atoms with Crippen LogP contribution in [0.25, 0.3) is 21.0 Å². The second-order valence-corrected chi connectivity index (χ2v) is 10.8. The Kier molecular flexibility index (Phi) is 7.59. The summed E-state index contributed by atoms with van der Waals surface area (Å²) in [6, 6.07) is 21.5. The molecule has 0 radical (unpaired) electrons. The third kappa shape index (κ3) is 5.33. The lowest BCUT2D eigenvalue weighted by Crippen LogP contribution is -2.29. The molecule has 180 valence electrons. The monoisotopic (exact) mass is 483 g/mol. The molecule has 2 aromatic carbocycles. The van der Waals surface area contributed by atoms with Crippen molar-refractivity contribution in [1.82, 2.24) is 4.98 Å². The van der Waals surface area contributed by atoms with Gasteiger partial charge in [0.1, 0.15) is 10.8 Å². The number of carbonyl (C=O) groups is 1. The molecular weight excluding hydrogens is 450 g/mol. The van der Waals surface area contributed by atoms with Gasteiger partial charge >= 0.3 is 0 Å². The third-order valence-electron chi connectivity index (χ3n) is 7.54. The summed E-state index contributed by atoms with van der Waals surface area (Å²) in [5, 5.41) is 10.0. The summed E-state index contributed by atoms with van der Waals surface area (Å²) >= 11 is 1.74. The molecule has 0 bridgehead atoms. The Morgan fingerprint density at radius 3 is 2.43 bits per heavy atom. The summed E-state index contributed by atoms with van der Waals surface area (Å²) in [5.41, 5.74) is 4.69. The fraction of sp³-hybridized carbons (Fsp3) is 0.433. The van der Waals surface area contributed by atoms with Crippen LogP contribution in [0.1, 0.15) is 69.4 Å². The Balaban J connectivity index is 1.52. The summed E-state index contributed by atoms with van der Waals surface area (Å²) in [7, 11) is 0. The van der Waals surface area contributed by atoms with Crippen LogP contribution in [-0.4, -0.2) is 23.9 Å². The molecule has 2 atom stereocenters. The van der Waals surface area contributed by atoms with Crippen molar-refractivity contribution in [2.75, 3.05) is 18.0 Å². The molecule has 2 heterocycles. The van der Waals surface area contributed by atoms with E-state index in [1.807, 2.05) is 6.07 Å². The van der Waals surface area contributed by atoms with E-state index < -0.39 is 0 Å². The number of aromatic nitrogens is 1. The smallest absolute Gasteiger partial charge is 0.137 e. The zero-order valence-corrected chi connectivity index (χ0v) is 21.1. The van der Waals surface area contributed by atoms with Crippen LogP contribution >= 0.6 is 11.3 Å². The molecule has 4 nitrogen and oxygen atoms in total. The van der Waals surface area contributed by atoms with E-state index in [1.165, 1.54) is 35.4 Å². The van der Waals surface area contributed by atoms with Gasteiger partial charge < -0.3 is 4.90 Å². The van der Waals surface area contributed by atoms with Gasteiger partial charge in [0, 0.05) is 49.0 Å². The molecule has 2 fully saturated rings. The van der Waals surface area contributed by atoms with Crippen LogP contribution in [0, 0.1) is 17.2 Å². The Labute approximate surface area is 212 Å². The molecule has 1 aromatic heterocycles. The Hall–Kier alpha value is -2.97. The van der Waals surface area contributed by atoms with Crippen molar-refractivity contribution in [3.63, 3.8) is 0 Å². The number of ketones is 1. The Morgan fingerprint density at radius 2 is 1.69 bits per heavy atom. The average molecular weight is 484 g/mol. The van der Waals surface area contributed by atoms with E-state index in [0.29, 0.717) is 12.8 Å². The molecule has 0 N–H and O–H groups in total. The van der Waals surface area contributed by atoms with Crippen molar-refractivity contribution in [3.05, 3.63) is 60.3 Å². The first-order valence-corrected chi connectivity index (χ1v) is 13.9. The highest BCUT2D eigenvalue weighted by Crippen LogP contribution is 2.46. The first-order valence-electron chi connectivity index (χ1n) is 13.1. The highest BCUT2D eigenvalue weighted by atomic mass is 32.1. The van der Waals surface area contributed by atoms with Gasteiger partial charge in [-0.2, -0.15) is 5.26 Å². The van der Waals surface area contributed by atoms with Crippen molar-refractivity contribution in [2.45, 2.75) is 63.7 Å². The molecule has 1 aliphatic carbocycles. The number of benzene rings is 2. The molecule has 5 heteroatoms. The van der Waals surface area contributed by atoms with Crippen molar-refractivity contribution in [2.24, 2.45) is 5.92 Å². The van der Waals surface area contributed by atoms with Gasteiger partial charge in [-0.25, -0.2) is 4.98 Å². The fourth-order valence-electron chi connectivity index (χ4n) is 5.68. The topological polar surface area (TPSA) is 57.0 Å². The second kappa shape index (κ2) is 11.2. The Morgan fingerprint density at radius 1 is 0.943 bits per heavy atom. The van der Waals surface area contributed by atoms with E-state index in [9.17, 15) is 4.79 Å². The van der Waals surface area contributed by atoms with Gasteiger partial charge in [-0.3, -0.25) is 4.79 Å². The van der Waals surface area contributed by atoms with Crippen molar-refractivity contribution in [1.29, 1.82) is 5.26 Å². The quantitative estimate of drug-likeness (QED) is 0.347. The SMILES string of the molecule is N#CCCC(=O)C1CCCCC1c1nc(-c2ccccc2)sc1-c1ccc(N2CCCCC2)cc1. The first kappa shape index (κ1) is 23.8. The van der Waals surface area contributed by atoms with Crippen LogP contribution in [0.3, 0.4) is 0 Å². The summed E-state index contributed by atoms with van der Waals surface area (Å²) < 4.78 is 0. The third-order valence-corrected chi connectivity index (χ3v) is 8.71. The molecule has 1 saturated heterocycles. The highest BCUT2D eigenvalue weighted by molar-refractivity contribution is 7.18. The number of nitriles is 1. The lowest BCUT2D eigenvalue weighted by molar-refractivity contribution is -0.124. The molecule has 35 heavy (non-hydrogen) atoms. The lowest BCUT2D eigenvalue weighted by atomic mass is 9.74. The van der Waals surface area contributed by atoms with Gasteiger partial charge in [0.05, 0.1) is 16.6 Å². The maximum atomic E-state index is 13.1. The molecular formula is C30H33N3OS. The van der Waals surface area contributed by atoms with E-state index in [2.05, 4.69) is 59.5 Å². The minimum atomic E-state index is -0.0332. The number of carbonyl (C=O) groups excluding carboxylic acids is 1. The minimum absolute atomic E-state index is 0.0332. The molecule has 1 saturated carbocycles. The van der Waals surface area contributed by atoms with Crippen LogP contribution in [0.4, 0.5) is 5.69 Å². The number of hydrogen-bond acceptors (Lipinski definition) is 5. The number of piperidine rings is 1. The summed E-state index contributed by atoms with van der Waals surface area (Å²) in [6.45, 7) is 2.27. The predicted molar refractivity (Wildman–Crippen MR) is 144 cm³/mol. The first-order chi connectivity index (χ1) is 17.2. The molecule has 0 amide bonds. The highest BCUT2D eigenvalue weighted by Gasteiger charge is 2.35. The summed E-state index contributed by atoms with van der Waals surface area (Å²) in [5.74, 6) is 0.325. The maximum Gasteiger partial charge on any atom is 0.137 e. The molecule has 2 unspecified atom stereocenters. The van der Waals surface area contributed by atoms with Crippen molar-refractivity contribution >= 4 is 22.8 Å². The van der Waals surface area contributed by atoms with Gasteiger partial charge in [-0.1, -0.05) is 55.3 Å². The lowest BCUT2D eigenvalue weighted by Gasteiger charge is -2.30. The number of anilines is 1. The van der Waals surface area contributed by atoms with Gasteiger partial charge in [-0.05, 0) is 49.8 Å². The number of Topliss-reactive ketones (excluding diaryl/α,β-unsaturated/α-hetero) is 1. The fourth-order valence-corrected chi connectivity index (χ4v) is 6.82. The predicted octanol–water partition coefficient (Wildman–Crippen LogP) is 7.61. The van der Waals surface area contributed by atoms with Gasteiger partial charge in [-0.15, -0.1) is 11.3 Å². The van der Waals surface area contributed by atoms with Crippen LogP contribution in [-0.2, 0) is 4.79 Å². The van der Waals surface area contributed by atoms with Gasteiger partial charge in [0.15, 0.2) is 0 Å². The summed E-state index contributed by atoms with van der Waals surface area (Å²) in [6.07, 6.45) is 8.62. The molecule has 2 aliphatic rings. The Bertz CT molecular complexity index is 1170. The number of hydrogen-bond donors (Lipinski definition) is 0. The van der Waals surface area contributed by atoms with Gasteiger partial charge in [0.2, 0.25) is 0 Å². The van der Waals surface area contributed by atoms with E-state index in [1.54, 1.807) is 11.3 Å². The maximum absolute atomic E-state index is 13.1. The molecule has 0 spiro atoms. The zero-order chi connectivity index (χ0) is 24.0. The normalized spacial score (nSPS) is 20.4. The average Bonchev–Trinajstić information content (AvgIpc) is 3.38. The molecule has 5 rings (SSSR count). The molecule has 3 aromatic rings. The van der Waals surface area contributed by atoms with Gasteiger partial charge in [0.25, 0.3) is 0 Å². The van der Waals surface area contributed by atoms with Crippen LogP contribution in [0.2, 0.25) is 0 Å². The second-order valence-electron chi connectivity index (χ2n) is 9.82. The van der Waals surface area contributed by atoms with E-state index >= 15 is 0 Å². The number of nitrogens with zero attached hydrogens (tertiary/aromatic N) is 3. The summed E-state index contributed by atoms with van der Waals surface area (Å²) in [4.78, 5) is 22.0. The molecule has 1 aliphatic heterocycles. The largest absolute Gasteiger partial charge is 0.372 e. The minimum Gasteiger partial charge on any atom is -0.372 e. The van der Waals surface area contributed by atoms with Crippen LogP contribution in [0.5, 0.6) is 0 Å². The van der Waals surface area contributed by atoms with Crippen molar-refractivity contribution in [3.8, 4) is 27.1 Å². The van der Waals surface area contributed by atoms with Crippen molar-refractivity contribution < 1.29 is 4.79 Å². The standard InChI is InChI=1S/C30H33N3OS/c31-19-9-14-27(34)25-12-5-6-13-26(25)28-29(35-30(32-28)23-10-3-1-4-11-23)22-15-17-24(18-16-22)33-20-7-2-8-21-33/h1,3-4,10-11,15-18,25-26H,2,5-9,12-14,20-21H2. The number of thiazole rings is 1. The van der Waals surface area contributed by atoms with E-state index in [4.69, 9.17) is 10.2 Å². The number of rotatable bonds is 7.